The number of halogens is 1. The Morgan fingerprint density at radius 2 is 1.69 bits per heavy atom. The second kappa shape index (κ2) is 9.28. The first-order valence-corrected chi connectivity index (χ1v) is 3.55. The SMILES string of the molecule is COC(=O)CCNCC(=O)OC.Cl. The summed E-state index contributed by atoms with van der Waals surface area (Å²) in [5.41, 5.74) is 0. The number of methoxy groups -OCH3 is 2. The highest BCUT2D eigenvalue weighted by molar-refractivity contribution is 5.85. The zero-order chi connectivity index (χ0) is 9.40. The van der Waals surface area contributed by atoms with Crippen molar-refractivity contribution in [2.24, 2.45) is 0 Å². The zero-order valence-corrected chi connectivity index (χ0v) is 8.48. The second-order valence-electron chi connectivity index (χ2n) is 2.08. The number of carbonyl (C=O) groups is 2. The Hall–Kier alpha value is -0.810. The molecule has 0 bridgehead atoms. The van der Waals surface area contributed by atoms with Gasteiger partial charge in [0.15, 0.2) is 0 Å². The largest absolute Gasteiger partial charge is 0.469 e. The molecule has 0 saturated carbocycles. The fourth-order valence-corrected chi connectivity index (χ4v) is 0.555. The third kappa shape index (κ3) is 9.10. The van der Waals surface area contributed by atoms with Gasteiger partial charge in [-0.25, -0.2) is 0 Å². The van der Waals surface area contributed by atoms with Gasteiger partial charge in [0.1, 0.15) is 0 Å². The van der Waals surface area contributed by atoms with E-state index in [1.807, 2.05) is 0 Å². The van der Waals surface area contributed by atoms with Crippen molar-refractivity contribution in [1.29, 1.82) is 0 Å². The zero-order valence-electron chi connectivity index (χ0n) is 7.66. The molecule has 0 radical (unpaired) electrons. The lowest BCUT2D eigenvalue weighted by molar-refractivity contribution is -0.142. The van der Waals surface area contributed by atoms with Crippen LogP contribution in [0.15, 0.2) is 0 Å². The van der Waals surface area contributed by atoms with Crippen LogP contribution in [-0.2, 0) is 19.1 Å². The second-order valence-corrected chi connectivity index (χ2v) is 2.08. The molecule has 0 aliphatic carbocycles. The van der Waals surface area contributed by atoms with Crippen LogP contribution < -0.4 is 5.32 Å². The molecule has 0 spiro atoms. The minimum Gasteiger partial charge on any atom is -0.469 e. The molecule has 0 saturated heterocycles. The predicted molar refractivity (Wildman–Crippen MR) is 48.8 cm³/mol. The Morgan fingerprint density at radius 3 is 2.15 bits per heavy atom. The summed E-state index contributed by atoms with van der Waals surface area (Å²) in [4.78, 5) is 21.1. The summed E-state index contributed by atoms with van der Waals surface area (Å²) < 4.78 is 8.75. The fourth-order valence-electron chi connectivity index (χ4n) is 0.555. The van der Waals surface area contributed by atoms with E-state index in [-0.39, 0.29) is 37.3 Å². The molecular formula is C7H14ClNO4. The number of ether oxygens (including phenoxy) is 2. The van der Waals surface area contributed by atoms with Crippen LogP contribution in [0.3, 0.4) is 0 Å². The highest BCUT2D eigenvalue weighted by atomic mass is 35.5. The third-order valence-electron chi connectivity index (χ3n) is 1.23. The lowest BCUT2D eigenvalue weighted by atomic mass is 10.4. The van der Waals surface area contributed by atoms with Crippen molar-refractivity contribution in [3.63, 3.8) is 0 Å². The molecule has 0 aromatic rings. The first-order chi connectivity index (χ1) is 5.70. The molecular weight excluding hydrogens is 198 g/mol. The maximum absolute atomic E-state index is 10.5. The minimum absolute atomic E-state index is 0. The van der Waals surface area contributed by atoms with E-state index in [0.29, 0.717) is 6.54 Å². The molecule has 0 aliphatic heterocycles. The van der Waals surface area contributed by atoms with Gasteiger partial charge in [0, 0.05) is 6.54 Å². The Kier molecular flexibility index (Phi) is 10.5. The van der Waals surface area contributed by atoms with Gasteiger partial charge in [0.05, 0.1) is 27.2 Å². The summed E-state index contributed by atoms with van der Waals surface area (Å²) in [6, 6.07) is 0. The van der Waals surface area contributed by atoms with Crippen molar-refractivity contribution in [1.82, 2.24) is 5.32 Å². The summed E-state index contributed by atoms with van der Waals surface area (Å²) in [6.45, 7) is 0.537. The monoisotopic (exact) mass is 211 g/mol. The van der Waals surface area contributed by atoms with E-state index in [9.17, 15) is 9.59 Å². The van der Waals surface area contributed by atoms with Crippen LogP contribution in [0.4, 0.5) is 0 Å². The Bertz CT molecular complexity index is 145. The first kappa shape index (κ1) is 14.7. The number of rotatable bonds is 5. The summed E-state index contributed by atoms with van der Waals surface area (Å²) in [6.07, 6.45) is 0.257. The van der Waals surface area contributed by atoms with Gasteiger partial charge in [-0.3, -0.25) is 9.59 Å². The van der Waals surface area contributed by atoms with Crippen LogP contribution in [0, 0.1) is 0 Å². The maximum Gasteiger partial charge on any atom is 0.319 e. The van der Waals surface area contributed by atoms with Crippen molar-refractivity contribution in [3.05, 3.63) is 0 Å². The lowest BCUT2D eigenvalue weighted by Gasteiger charge is -2.01. The Balaban J connectivity index is 0. The number of carbonyl (C=O) groups excluding carboxylic acids is 2. The topological polar surface area (TPSA) is 64.6 Å². The number of hydrogen-bond acceptors (Lipinski definition) is 5. The average Bonchev–Trinajstić information content (AvgIpc) is 2.11. The third-order valence-corrected chi connectivity index (χ3v) is 1.23. The van der Waals surface area contributed by atoms with Crippen LogP contribution in [-0.4, -0.2) is 39.2 Å². The normalized spacial score (nSPS) is 8.46. The van der Waals surface area contributed by atoms with Gasteiger partial charge in [0.25, 0.3) is 0 Å². The molecule has 0 fully saturated rings. The van der Waals surface area contributed by atoms with Crippen LogP contribution in [0.25, 0.3) is 0 Å². The maximum atomic E-state index is 10.5. The van der Waals surface area contributed by atoms with E-state index in [1.54, 1.807) is 0 Å². The van der Waals surface area contributed by atoms with Crippen LogP contribution in [0.2, 0.25) is 0 Å². The number of nitrogens with one attached hydrogen (secondary N) is 1. The van der Waals surface area contributed by atoms with Crippen molar-refractivity contribution in [2.45, 2.75) is 6.42 Å². The molecule has 1 N–H and O–H groups in total. The number of esters is 2. The van der Waals surface area contributed by atoms with Crippen molar-refractivity contribution >= 4 is 24.3 Å². The predicted octanol–water partition coefficient (Wildman–Crippen LogP) is -0.266. The van der Waals surface area contributed by atoms with Gasteiger partial charge in [-0.15, -0.1) is 12.4 Å². The first-order valence-electron chi connectivity index (χ1n) is 3.55. The van der Waals surface area contributed by atoms with Crippen molar-refractivity contribution in [2.75, 3.05) is 27.3 Å². The van der Waals surface area contributed by atoms with Crippen molar-refractivity contribution in [3.8, 4) is 0 Å². The minimum atomic E-state index is -0.347. The number of hydrogen-bond donors (Lipinski definition) is 1. The van der Waals surface area contributed by atoms with Crippen LogP contribution in [0.1, 0.15) is 6.42 Å². The molecule has 0 atom stereocenters. The molecule has 0 aromatic heterocycles. The van der Waals surface area contributed by atoms with Gasteiger partial charge in [0.2, 0.25) is 0 Å². The average molecular weight is 212 g/mol. The molecule has 0 amide bonds. The molecule has 0 unspecified atom stereocenters. The molecule has 0 aliphatic rings. The van der Waals surface area contributed by atoms with E-state index in [4.69, 9.17) is 0 Å². The van der Waals surface area contributed by atoms with Gasteiger partial charge >= 0.3 is 11.9 Å². The van der Waals surface area contributed by atoms with Crippen LogP contribution in [0.5, 0.6) is 0 Å². The standard InChI is InChI=1S/C7H13NO4.ClH/c1-11-6(9)3-4-8-5-7(10)12-2;/h8H,3-5H2,1-2H3;1H. The molecule has 0 rings (SSSR count). The smallest absolute Gasteiger partial charge is 0.319 e. The van der Waals surface area contributed by atoms with E-state index in [0.717, 1.165) is 0 Å². The van der Waals surface area contributed by atoms with Crippen molar-refractivity contribution < 1.29 is 19.1 Å². The summed E-state index contributed by atoms with van der Waals surface area (Å²) in [5, 5.41) is 2.73. The molecule has 78 valence electrons. The van der Waals surface area contributed by atoms with Gasteiger partial charge in [-0.05, 0) is 0 Å². The molecule has 6 heteroatoms. The highest BCUT2D eigenvalue weighted by Crippen LogP contribution is 1.80. The van der Waals surface area contributed by atoms with Gasteiger partial charge in [-0.2, -0.15) is 0 Å². The highest BCUT2D eigenvalue weighted by Gasteiger charge is 2.01. The molecule has 13 heavy (non-hydrogen) atoms. The summed E-state index contributed by atoms with van der Waals surface area (Å²) >= 11 is 0. The lowest BCUT2D eigenvalue weighted by Crippen LogP contribution is -2.26. The summed E-state index contributed by atoms with van der Waals surface area (Å²) in [5.74, 6) is -0.646. The van der Waals surface area contributed by atoms with E-state index < -0.39 is 0 Å². The van der Waals surface area contributed by atoms with Crippen LogP contribution >= 0.6 is 12.4 Å². The molecule has 0 aromatic carbocycles. The quantitative estimate of drug-likeness (QED) is 0.501. The molecule has 5 nitrogen and oxygen atoms in total. The Morgan fingerprint density at radius 1 is 1.15 bits per heavy atom. The van der Waals surface area contributed by atoms with E-state index in [1.165, 1.54) is 14.2 Å². The van der Waals surface area contributed by atoms with E-state index >= 15 is 0 Å². The molecule has 0 heterocycles. The van der Waals surface area contributed by atoms with E-state index in [2.05, 4.69) is 14.8 Å². The summed E-state index contributed by atoms with van der Waals surface area (Å²) in [7, 11) is 2.63. The Labute approximate surface area is 83.2 Å². The van der Waals surface area contributed by atoms with Gasteiger partial charge < -0.3 is 14.8 Å². The fraction of sp³-hybridized carbons (Fsp3) is 0.714. The van der Waals surface area contributed by atoms with Gasteiger partial charge in [-0.1, -0.05) is 0 Å².